The Morgan fingerprint density at radius 2 is 2.31 bits per heavy atom. The number of hydrogen-bond donors (Lipinski definition) is 1. The minimum Gasteiger partial charge on any atom is -0.465 e. The monoisotopic (exact) mass is 259 g/mol. The molecule has 1 aromatic carbocycles. The molecule has 1 rings (SSSR count). The third-order valence-corrected chi connectivity index (χ3v) is 3.46. The number of benzene rings is 1. The Bertz CT molecular complexity index is 384. The van der Waals surface area contributed by atoms with Crippen LogP contribution in [0.15, 0.2) is 23.1 Å². The topological polar surface area (TPSA) is 52.3 Å². The van der Waals surface area contributed by atoms with Crippen molar-refractivity contribution in [2.24, 2.45) is 0 Å². The lowest BCUT2D eigenvalue weighted by Gasteiger charge is -2.11. The number of hydrogen-bond acceptors (Lipinski definition) is 4. The lowest BCUT2D eigenvalue weighted by Crippen LogP contribution is -2.16. The Morgan fingerprint density at radius 3 is 2.88 bits per heavy atom. The minimum absolute atomic E-state index is 0.236. The normalized spacial score (nSPS) is 12.2. The number of carbonyl (C=O) groups excluding carboxylic acids is 1. The molecule has 1 unspecified atom stereocenters. The summed E-state index contributed by atoms with van der Waals surface area (Å²) in [6, 6.07) is 5.23. The van der Waals surface area contributed by atoms with Gasteiger partial charge in [-0.2, -0.15) is 0 Å². The molecule has 0 fully saturated rings. The first-order valence-corrected chi connectivity index (χ1v) is 6.18. The van der Waals surface area contributed by atoms with Gasteiger partial charge in [0.25, 0.3) is 0 Å². The molecule has 0 aliphatic heterocycles. The van der Waals surface area contributed by atoms with E-state index in [2.05, 4.69) is 0 Å². The zero-order chi connectivity index (χ0) is 12.1. The van der Waals surface area contributed by atoms with E-state index in [0.717, 1.165) is 4.90 Å². The predicted molar refractivity (Wildman–Crippen MR) is 67.8 cm³/mol. The number of rotatable bonds is 4. The molecule has 0 heterocycles. The molecule has 3 nitrogen and oxygen atoms in total. The molecule has 0 saturated heterocycles. The van der Waals surface area contributed by atoms with Crippen molar-refractivity contribution in [1.82, 2.24) is 0 Å². The number of thioether (sulfide) groups is 1. The molecule has 1 aromatic rings. The molecule has 5 heteroatoms. The largest absolute Gasteiger partial charge is 0.465 e. The average Bonchev–Trinajstić information content (AvgIpc) is 2.22. The molecule has 2 N–H and O–H groups in total. The van der Waals surface area contributed by atoms with Crippen LogP contribution in [0.2, 0.25) is 5.02 Å². The van der Waals surface area contributed by atoms with Gasteiger partial charge in [-0.15, -0.1) is 11.8 Å². The maximum absolute atomic E-state index is 11.4. The SMILES string of the molecule is CCOC(=O)C(C)Sc1ccc(N)cc1Cl. The lowest BCUT2D eigenvalue weighted by molar-refractivity contribution is -0.142. The molecule has 88 valence electrons. The van der Waals surface area contributed by atoms with Gasteiger partial charge in [-0.1, -0.05) is 11.6 Å². The second-order valence-electron chi connectivity index (χ2n) is 3.20. The summed E-state index contributed by atoms with van der Waals surface area (Å²) in [5.74, 6) is -0.236. The van der Waals surface area contributed by atoms with Crippen LogP contribution in [0.25, 0.3) is 0 Å². The van der Waals surface area contributed by atoms with Crippen LogP contribution in [-0.4, -0.2) is 17.8 Å². The molecule has 0 aliphatic rings. The van der Waals surface area contributed by atoms with E-state index in [-0.39, 0.29) is 11.2 Å². The maximum Gasteiger partial charge on any atom is 0.319 e. The van der Waals surface area contributed by atoms with Crippen molar-refractivity contribution in [3.63, 3.8) is 0 Å². The summed E-state index contributed by atoms with van der Waals surface area (Å²) < 4.78 is 4.91. The molecule has 0 bridgehead atoms. The van der Waals surface area contributed by atoms with Gasteiger partial charge in [0.05, 0.1) is 11.6 Å². The lowest BCUT2D eigenvalue weighted by atomic mass is 10.3. The van der Waals surface area contributed by atoms with Crippen molar-refractivity contribution in [3.05, 3.63) is 23.2 Å². The Morgan fingerprint density at radius 1 is 1.62 bits per heavy atom. The van der Waals surface area contributed by atoms with Crippen LogP contribution < -0.4 is 5.73 Å². The van der Waals surface area contributed by atoms with Crippen LogP contribution in [0, 0.1) is 0 Å². The van der Waals surface area contributed by atoms with Gasteiger partial charge in [-0.3, -0.25) is 4.79 Å². The van der Waals surface area contributed by atoms with Gasteiger partial charge in [-0.25, -0.2) is 0 Å². The van der Waals surface area contributed by atoms with Gasteiger partial charge in [0.1, 0.15) is 5.25 Å². The molecular formula is C11H14ClNO2S. The summed E-state index contributed by atoms with van der Waals surface area (Å²) in [6.45, 7) is 3.96. The van der Waals surface area contributed by atoms with E-state index in [1.165, 1.54) is 11.8 Å². The van der Waals surface area contributed by atoms with Crippen LogP contribution in [0.5, 0.6) is 0 Å². The first-order chi connectivity index (χ1) is 7.54. The zero-order valence-corrected chi connectivity index (χ0v) is 10.8. The Labute approximate surface area is 104 Å². The van der Waals surface area contributed by atoms with E-state index in [0.29, 0.717) is 17.3 Å². The van der Waals surface area contributed by atoms with Crippen LogP contribution in [-0.2, 0) is 9.53 Å². The van der Waals surface area contributed by atoms with Gasteiger partial charge in [0, 0.05) is 10.6 Å². The minimum atomic E-state index is -0.277. The van der Waals surface area contributed by atoms with E-state index in [1.54, 1.807) is 32.0 Å². The van der Waals surface area contributed by atoms with Crippen molar-refractivity contribution in [1.29, 1.82) is 0 Å². The number of nitrogens with two attached hydrogens (primary N) is 1. The standard InChI is InChI=1S/C11H14ClNO2S/c1-3-15-11(14)7(2)16-10-5-4-8(13)6-9(10)12/h4-7H,3,13H2,1-2H3. The second-order valence-corrected chi connectivity index (χ2v) is 4.99. The van der Waals surface area contributed by atoms with Crippen molar-refractivity contribution in [3.8, 4) is 0 Å². The first kappa shape index (κ1) is 13.2. The third kappa shape index (κ3) is 3.61. The van der Waals surface area contributed by atoms with Gasteiger partial charge in [-0.05, 0) is 32.0 Å². The molecule has 0 aromatic heterocycles. The van der Waals surface area contributed by atoms with Crippen molar-refractivity contribution < 1.29 is 9.53 Å². The highest BCUT2D eigenvalue weighted by Crippen LogP contribution is 2.32. The second kappa shape index (κ2) is 6.01. The molecule has 0 saturated carbocycles. The van der Waals surface area contributed by atoms with E-state index in [9.17, 15) is 4.79 Å². The third-order valence-electron chi connectivity index (χ3n) is 1.88. The fraction of sp³-hybridized carbons (Fsp3) is 0.364. The number of carbonyl (C=O) groups is 1. The number of anilines is 1. The Kier molecular flexibility index (Phi) is 4.96. The maximum atomic E-state index is 11.4. The van der Waals surface area contributed by atoms with Gasteiger partial charge >= 0.3 is 5.97 Å². The highest BCUT2D eigenvalue weighted by atomic mass is 35.5. The quantitative estimate of drug-likeness (QED) is 0.513. The summed E-state index contributed by atoms with van der Waals surface area (Å²) in [7, 11) is 0. The van der Waals surface area contributed by atoms with Crippen molar-refractivity contribution in [2.75, 3.05) is 12.3 Å². The molecular weight excluding hydrogens is 246 g/mol. The van der Waals surface area contributed by atoms with Crippen molar-refractivity contribution >= 4 is 35.0 Å². The number of nitrogen functional groups attached to an aromatic ring is 1. The summed E-state index contributed by atoms with van der Waals surface area (Å²) >= 11 is 7.37. The summed E-state index contributed by atoms with van der Waals surface area (Å²) in [5, 5.41) is 0.280. The zero-order valence-electron chi connectivity index (χ0n) is 9.20. The van der Waals surface area contributed by atoms with E-state index in [4.69, 9.17) is 22.1 Å². The molecule has 0 radical (unpaired) electrons. The van der Waals surface area contributed by atoms with E-state index < -0.39 is 0 Å². The summed E-state index contributed by atoms with van der Waals surface area (Å²) in [6.07, 6.45) is 0. The summed E-state index contributed by atoms with van der Waals surface area (Å²) in [4.78, 5) is 12.2. The fourth-order valence-corrected chi connectivity index (χ4v) is 2.30. The smallest absolute Gasteiger partial charge is 0.319 e. The molecule has 0 aliphatic carbocycles. The molecule has 0 amide bonds. The van der Waals surface area contributed by atoms with Crippen LogP contribution in [0.1, 0.15) is 13.8 Å². The van der Waals surface area contributed by atoms with Gasteiger partial charge < -0.3 is 10.5 Å². The highest BCUT2D eigenvalue weighted by molar-refractivity contribution is 8.00. The van der Waals surface area contributed by atoms with Crippen LogP contribution in [0.3, 0.4) is 0 Å². The number of ether oxygens (including phenoxy) is 1. The highest BCUT2D eigenvalue weighted by Gasteiger charge is 2.16. The molecule has 16 heavy (non-hydrogen) atoms. The number of esters is 1. The van der Waals surface area contributed by atoms with Crippen LogP contribution >= 0.6 is 23.4 Å². The number of halogens is 1. The average molecular weight is 260 g/mol. The Balaban J connectivity index is 2.69. The van der Waals surface area contributed by atoms with E-state index in [1.807, 2.05) is 0 Å². The predicted octanol–water partition coefficient (Wildman–Crippen LogP) is 2.97. The van der Waals surface area contributed by atoms with E-state index >= 15 is 0 Å². The first-order valence-electron chi connectivity index (χ1n) is 4.93. The molecule has 1 atom stereocenters. The molecule has 0 spiro atoms. The fourth-order valence-electron chi connectivity index (χ4n) is 1.11. The van der Waals surface area contributed by atoms with Crippen LogP contribution in [0.4, 0.5) is 5.69 Å². The summed E-state index contributed by atoms with van der Waals surface area (Å²) in [5.41, 5.74) is 6.19. The van der Waals surface area contributed by atoms with Crippen molar-refractivity contribution in [2.45, 2.75) is 24.0 Å². The van der Waals surface area contributed by atoms with Gasteiger partial charge in [0.2, 0.25) is 0 Å². The van der Waals surface area contributed by atoms with Gasteiger partial charge in [0.15, 0.2) is 0 Å². The Hall–Kier alpha value is -0.870.